The van der Waals surface area contributed by atoms with Gasteiger partial charge in [-0.25, -0.2) is 9.79 Å². The van der Waals surface area contributed by atoms with Crippen LogP contribution in [0.4, 0.5) is 0 Å². The Bertz CT molecular complexity index is 1860. The summed E-state index contributed by atoms with van der Waals surface area (Å²) in [6, 6.07) is 20.7. The second kappa shape index (κ2) is 11.5. The van der Waals surface area contributed by atoms with Crippen molar-refractivity contribution >= 4 is 45.9 Å². The number of hydrogen-bond donors (Lipinski definition) is 0. The van der Waals surface area contributed by atoms with Crippen molar-refractivity contribution in [3.8, 4) is 11.8 Å². The predicted octanol–water partition coefficient (Wildman–Crippen LogP) is 4.96. The molecule has 2 heterocycles. The van der Waals surface area contributed by atoms with Crippen molar-refractivity contribution in [3.05, 3.63) is 103 Å². The summed E-state index contributed by atoms with van der Waals surface area (Å²) in [6.07, 6.45) is 3.46. The third-order valence-electron chi connectivity index (χ3n) is 6.51. The molecule has 40 heavy (non-hydrogen) atoms. The quantitative estimate of drug-likeness (QED) is 0.231. The maximum Gasteiger partial charge on any atom is 0.338 e. The van der Waals surface area contributed by atoms with Crippen molar-refractivity contribution in [1.82, 2.24) is 4.57 Å². The molecule has 0 radical (unpaired) electrons. The van der Waals surface area contributed by atoms with Crippen molar-refractivity contribution in [2.24, 2.45) is 4.99 Å². The van der Waals surface area contributed by atoms with Gasteiger partial charge in [0.25, 0.3) is 5.56 Å². The number of aromatic nitrogens is 1. The Balaban J connectivity index is 1.75. The number of esters is 1. The molecular weight excluding hydrogens is 542 g/mol. The Morgan fingerprint density at radius 2 is 1.93 bits per heavy atom. The van der Waals surface area contributed by atoms with Gasteiger partial charge in [0.2, 0.25) is 0 Å². The molecule has 4 aromatic rings. The third kappa shape index (κ3) is 5.20. The first-order valence-electron chi connectivity index (χ1n) is 12.7. The van der Waals surface area contributed by atoms with E-state index in [1.165, 1.54) is 11.3 Å². The topological polar surface area (TPSA) is 93.7 Å². The monoisotopic (exact) mass is 569 g/mol. The van der Waals surface area contributed by atoms with Gasteiger partial charge >= 0.3 is 5.97 Å². The van der Waals surface area contributed by atoms with Gasteiger partial charge in [-0.3, -0.25) is 9.36 Å². The van der Waals surface area contributed by atoms with Crippen LogP contribution in [0.15, 0.2) is 86.6 Å². The van der Waals surface area contributed by atoms with Gasteiger partial charge < -0.3 is 9.47 Å². The zero-order chi connectivity index (χ0) is 28.4. The summed E-state index contributed by atoms with van der Waals surface area (Å²) in [6.45, 7) is 5.24. The lowest BCUT2D eigenvalue weighted by atomic mass is 9.96. The lowest BCUT2D eigenvalue weighted by Gasteiger charge is -2.25. The highest BCUT2D eigenvalue weighted by molar-refractivity contribution is 7.98. The van der Waals surface area contributed by atoms with E-state index in [2.05, 4.69) is 4.99 Å². The van der Waals surface area contributed by atoms with Crippen LogP contribution in [0.5, 0.6) is 5.75 Å². The second-order valence-electron chi connectivity index (χ2n) is 9.45. The highest BCUT2D eigenvalue weighted by Crippen LogP contribution is 2.32. The van der Waals surface area contributed by atoms with E-state index >= 15 is 0 Å². The summed E-state index contributed by atoms with van der Waals surface area (Å²) >= 11 is 2.87. The van der Waals surface area contributed by atoms with Crippen LogP contribution in [0.3, 0.4) is 0 Å². The standard InChI is InChI=1S/C31H27N3O4S2/c1-18(2)38-30(36)27-19(3)33-31-34(28(27)21-9-12-22(39-4)13-10-21)29(35)26(40-31)17-24-23-8-6-5-7-20(23)11-14-25(24)37-16-15-32/h5-14,17-18,28H,16H2,1-4H3/b26-17-/t28-/m1/s1. The normalized spacial score (nSPS) is 15.1. The Morgan fingerprint density at radius 1 is 1.18 bits per heavy atom. The largest absolute Gasteiger partial charge is 0.478 e. The highest BCUT2D eigenvalue weighted by Gasteiger charge is 2.33. The zero-order valence-corrected chi connectivity index (χ0v) is 24.1. The molecule has 7 nitrogen and oxygen atoms in total. The molecule has 0 spiro atoms. The number of nitrogens with zero attached hydrogens (tertiary/aromatic N) is 3. The Kier molecular flexibility index (Phi) is 7.92. The molecule has 1 aromatic heterocycles. The fourth-order valence-corrected chi connectivity index (χ4v) is 6.19. The fraction of sp³-hybridized carbons (Fsp3) is 0.226. The molecule has 0 aliphatic carbocycles. The average molecular weight is 570 g/mol. The Hall–Kier alpha value is -4.13. The molecule has 1 atom stereocenters. The molecule has 0 N–H and O–H groups in total. The Labute approximate surface area is 239 Å². The van der Waals surface area contributed by atoms with Crippen molar-refractivity contribution < 1.29 is 14.3 Å². The smallest absolute Gasteiger partial charge is 0.338 e. The van der Waals surface area contributed by atoms with Crippen molar-refractivity contribution in [1.29, 1.82) is 5.26 Å². The van der Waals surface area contributed by atoms with Crippen LogP contribution in [-0.2, 0) is 9.53 Å². The summed E-state index contributed by atoms with van der Waals surface area (Å²) in [5, 5.41) is 11.0. The molecule has 3 aromatic carbocycles. The molecule has 202 valence electrons. The molecule has 0 saturated carbocycles. The van der Waals surface area contributed by atoms with Crippen LogP contribution in [-0.4, -0.2) is 29.5 Å². The van der Waals surface area contributed by atoms with Crippen molar-refractivity contribution in [3.63, 3.8) is 0 Å². The zero-order valence-electron chi connectivity index (χ0n) is 22.5. The third-order valence-corrected chi connectivity index (χ3v) is 8.24. The minimum absolute atomic E-state index is 0.118. The minimum Gasteiger partial charge on any atom is -0.478 e. The van der Waals surface area contributed by atoms with Gasteiger partial charge in [-0.15, -0.1) is 11.8 Å². The van der Waals surface area contributed by atoms with Crippen LogP contribution in [0.1, 0.15) is 37.9 Å². The van der Waals surface area contributed by atoms with Gasteiger partial charge in [-0.05, 0) is 67.6 Å². The van der Waals surface area contributed by atoms with E-state index < -0.39 is 12.0 Å². The van der Waals surface area contributed by atoms with Gasteiger partial charge in [-0.1, -0.05) is 53.8 Å². The van der Waals surface area contributed by atoms with E-state index in [1.807, 2.05) is 73.0 Å². The number of thiazole rings is 1. The van der Waals surface area contributed by atoms with E-state index in [9.17, 15) is 9.59 Å². The number of hydrogen-bond acceptors (Lipinski definition) is 8. The lowest BCUT2D eigenvalue weighted by Crippen LogP contribution is -2.40. The van der Waals surface area contributed by atoms with Crippen LogP contribution in [0, 0.1) is 11.3 Å². The highest BCUT2D eigenvalue weighted by atomic mass is 32.2. The van der Waals surface area contributed by atoms with Crippen LogP contribution < -0.4 is 19.6 Å². The molecule has 0 unspecified atom stereocenters. The van der Waals surface area contributed by atoms with E-state index in [-0.39, 0.29) is 18.3 Å². The van der Waals surface area contributed by atoms with Gasteiger partial charge in [0.05, 0.1) is 27.9 Å². The maximum absolute atomic E-state index is 14.1. The molecule has 0 fully saturated rings. The van der Waals surface area contributed by atoms with Gasteiger partial charge in [0, 0.05) is 10.5 Å². The van der Waals surface area contributed by atoms with E-state index in [0.29, 0.717) is 31.9 Å². The van der Waals surface area contributed by atoms with Gasteiger partial charge in [0.1, 0.15) is 11.8 Å². The minimum atomic E-state index is -0.692. The summed E-state index contributed by atoms with van der Waals surface area (Å²) in [5.41, 5.74) is 2.07. The number of carbonyl (C=O) groups excluding carboxylic acids is 1. The number of ether oxygens (including phenoxy) is 2. The molecule has 5 rings (SSSR count). The summed E-state index contributed by atoms with van der Waals surface area (Å²) in [5.74, 6) is 0.0124. The van der Waals surface area contributed by atoms with E-state index in [4.69, 9.17) is 14.7 Å². The average Bonchev–Trinajstić information content (AvgIpc) is 3.25. The first-order valence-corrected chi connectivity index (χ1v) is 14.8. The summed E-state index contributed by atoms with van der Waals surface area (Å²) in [7, 11) is 0. The molecule has 1 aliphatic heterocycles. The van der Waals surface area contributed by atoms with E-state index in [0.717, 1.165) is 21.2 Å². The molecule has 0 saturated heterocycles. The number of rotatable bonds is 7. The number of benzene rings is 3. The predicted molar refractivity (Wildman–Crippen MR) is 158 cm³/mol. The summed E-state index contributed by atoms with van der Waals surface area (Å²) in [4.78, 5) is 33.7. The van der Waals surface area contributed by atoms with Crippen LogP contribution >= 0.6 is 23.1 Å². The molecule has 0 amide bonds. The van der Waals surface area contributed by atoms with Gasteiger partial charge in [0.15, 0.2) is 11.4 Å². The van der Waals surface area contributed by atoms with Crippen LogP contribution in [0.25, 0.3) is 16.8 Å². The maximum atomic E-state index is 14.1. The Morgan fingerprint density at radius 3 is 2.62 bits per heavy atom. The molecule has 1 aliphatic rings. The van der Waals surface area contributed by atoms with E-state index in [1.54, 1.807) is 43.2 Å². The van der Waals surface area contributed by atoms with Crippen molar-refractivity contribution in [2.45, 2.75) is 37.8 Å². The SMILES string of the molecule is CSc1ccc([C@@H]2C(C(=O)OC(C)C)=C(C)N=c3s/c(=C\c4c(OCC#N)ccc5ccccc45)c(=O)n32)cc1. The lowest BCUT2D eigenvalue weighted by molar-refractivity contribution is -0.143. The number of nitriles is 1. The fourth-order valence-electron chi connectivity index (χ4n) is 4.75. The number of thioether (sulfide) groups is 1. The van der Waals surface area contributed by atoms with Gasteiger partial charge in [-0.2, -0.15) is 5.26 Å². The van der Waals surface area contributed by atoms with Crippen LogP contribution in [0.2, 0.25) is 0 Å². The number of carbonyl (C=O) groups is 1. The number of fused-ring (bicyclic) bond motifs is 2. The first-order chi connectivity index (χ1) is 19.3. The molecular formula is C31H27N3O4S2. The molecule has 0 bridgehead atoms. The summed E-state index contributed by atoms with van der Waals surface area (Å²) < 4.78 is 13.3. The number of allylic oxidation sites excluding steroid dienone is 1. The molecule has 9 heteroatoms. The second-order valence-corrected chi connectivity index (χ2v) is 11.3. The van der Waals surface area contributed by atoms with Crippen molar-refractivity contribution in [2.75, 3.05) is 12.9 Å². The first kappa shape index (κ1) is 27.4.